The van der Waals surface area contributed by atoms with Gasteiger partial charge in [0.05, 0.1) is 54.4 Å². The third-order valence-corrected chi connectivity index (χ3v) is 9.81. The SMILES string of the molecule is CCCCCCCCCCCC[N+](C)(C)CCN(CCOc1nc(Cl)nc(Cl)n1)CC[N+](C)(C)CCCCCCCCCCCC. The molecule has 0 atom stereocenters. The van der Waals surface area contributed by atoms with E-state index < -0.39 is 0 Å². The molecule has 1 aromatic heterocycles. The average molecular weight is 690 g/mol. The first-order chi connectivity index (χ1) is 22.1. The van der Waals surface area contributed by atoms with Crippen molar-refractivity contribution in [1.29, 1.82) is 0 Å². The number of aromatic nitrogens is 3. The first-order valence-electron chi connectivity index (χ1n) is 19.1. The van der Waals surface area contributed by atoms with Crippen LogP contribution in [0.2, 0.25) is 10.6 Å². The molecule has 0 spiro atoms. The number of rotatable bonds is 32. The summed E-state index contributed by atoms with van der Waals surface area (Å²) in [6.45, 7) is 12.7. The number of unbranched alkanes of at least 4 members (excludes halogenated alkanes) is 18. The van der Waals surface area contributed by atoms with Gasteiger partial charge in [0.1, 0.15) is 6.61 Å². The van der Waals surface area contributed by atoms with Crippen LogP contribution in [0.3, 0.4) is 0 Å². The van der Waals surface area contributed by atoms with E-state index in [9.17, 15) is 0 Å². The number of likely N-dealkylation sites (N-methyl/N-ethyl adjacent to an activating group) is 2. The van der Waals surface area contributed by atoms with Gasteiger partial charge >= 0.3 is 6.01 Å². The maximum absolute atomic E-state index is 5.95. The van der Waals surface area contributed by atoms with Crippen LogP contribution in [-0.2, 0) is 0 Å². The zero-order chi connectivity index (χ0) is 33.9. The Morgan fingerprint density at radius 2 is 0.826 bits per heavy atom. The van der Waals surface area contributed by atoms with Crippen LogP contribution in [0.5, 0.6) is 6.01 Å². The van der Waals surface area contributed by atoms with Crippen molar-refractivity contribution in [3.05, 3.63) is 10.6 Å². The van der Waals surface area contributed by atoms with Crippen LogP contribution in [0.4, 0.5) is 0 Å². The molecule has 0 radical (unpaired) electrons. The largest absolute Gasteiger partial charge is 0.462 e. The lowest BCUT2D eigenvalue weighted by Gasteiger charge is -2.35. The van der Waals surface area contributed by atoms with Gasteiger partial charge in [-0.15, -0.1) is 0 Å². The summed E-state index contributed by atoms with van der Waals surface area (Å²) in [4.78, 5) is 14.5. The molecule has 0 aliphatic carbocycles. The van der Waals surface area contributed by atoms with Crippen molar-refractivity contribution in [2.75, 3.05) is 80.6 Å². The maximum Gasteiger partial charge on any atom is 0.322 e. The molecule has 0 fully saturated rings. The van der Waals surface area contributed by atoms with Crippen molar-refractivity contribution in [2.24, 2.45) is 0 Å². The van der Waals surface area contributed by atoms with Crippen molar-refractivity contribution < 1.29 is 13.7 Å². The predicted molar refractivity (Wildman–Crippen MR) is 199 cm³/mol. The van der Waals surface area contributed by atoms with Crippen molar-refractivity contribution in [2.45, 2.75) is 142 Å². The smallest absolute Gasteiger partial charge is 0.322 e. The van der Waals surface area contributed by atoms with E-state index in [2.05, 4.69) is 61.9 Å². The zero-order valence-electron chi connectivity index (χ0n) is 31.1. The molecule has 1 rings (SSSR count). The average Bonchev–Trinajstić information content (AvgIpc) is 2.99. The molecular weight excluding hydrogens is 615 g/mol. The molecule has 270 valence electrons. The van der Waals surface area contributed by atoms with Gasteiger partial charge in [-0.25, -0.2) is 0 Å². The van der Waals surface area contributed by atoms with Crippen LogP contribution in [0.1, 0.15) is 142 Å². The summed E-state index contributed by atoms with van der Waals surface area (Å²) in [6.07, 6.45) is 27.7. The minimum absolute atomic E-state index is 0.0592. The lowest BCUT2D eigenvalue weighted by molar-refractivity contribution is -0.892. The van der Waals surface area contributed by atoms with Gasteiger partial charge in [-0.2, -0.15) is 15.0 Å². The molecule has 0 saturated heterocycles. The van der Waals surface area contributed by atoms with Gasteiger partial charge in [0.15, 0.2) is 0 Å². The van der Waals surface area contributed by atoms with Crippen LogP contribution < -0.4 is 4.74 Å². The second-order valence-corrected chi connectivity index (χ2v) is 15.7. The molecule has 0 unspecified atom stereocenters. The first kappa shape index (κ1) is 43.3. The Balaban J connectivity index is 2.45. The minimum atomic E-state index is 0.0592. The Kier molecular flexibility index (Phi) is 25.5. The van der Waals surface area contributed by atoms with E-state index in [1.165, 1.54) is 142 Å². The van der Waals surface area contributed by atoms with Gasteiger partial charge in [0.25, 0.3) is 0 Å². The third kappa shape index (κ3) is 25.3. The molecule has 0 amide bonds. The van der Waals surface area contributed by atoms with Gasteiger partial charge in [0, 0.05) is 19.6 Å². The van der Waals surface area contributed by atoms with Crippen LogP contribution >= 0.6 is 23.2 Å². The molecule has 1 aromatic rings. The van der Waals surface area contributed by atoms with E-state index in [1.807, 2.05) is 0 Å². The van der Waals surface area contributed by atoms with E-state index in [-0.39, 0.29) is 16.6 Å². The molecule has 0 aromatic carbocycles. The number of ether oxygens (including phenoxy) is 1. The number of nitrogens with zero attached hydrogens (tertiary/aromatic N) is 6. The van der Waals surface area contributed by atoms with E-state index >= 15 is 0 Å². The summed E-state index contributed by atoms with van der Waals surface area (Å²) in [5, 5.41) is 0.118. The third-order valence-electron chi connectivity index (χ3n) is 9.48. The topological polar surface area (TPSA) is 51.1 Å². The quantitative estimate of drug-likeness (QED) is 0.0557. The fraction of sp³-hybridized carbons (Fsp3) is 0.919. The molecule has 0 saturated carbocycles. The van der Waals surface area contributed by atoms with E-state index in [4.69, 9.17) is 27.9 Å². The van der Waals surface area contributed by atoms with Crippen LogP contribution in [0.25, 0.3) is 0 Å². The molecule has 46 heavy (non-hydrogen) atoms. The Hall–Kier alpha value is -0.730. The first-order valence-corrected chi connectivity index (χ1v) is 19.9. The van der Waals surface area contributed by atoms with Crippen molar-refractivity contribution in [1.82, 2.24) is 19.9 Å². The summed E-state index contributed by atoms with van der Waals surface area (Å²) in [7, 11) is 9.57. The number of hydrogen-bond acceptors (Lipinski definition) is 5. The number of hydrogen-bond donors (Lipinski definition) is 0. The summed E-state index contributed by atoms with van der Waals surface area (Å²) in [5.41, 5.74) is 0. The van der Waals surface area contributed by atoms with Gasteiger partial charge < -0.3 is 13.7 Å². The van der Waals surface area contributed by atoms with Crippen LogP contribution in [-0.4, -0.2) is 109 Å². The van der Waals surface area contributed by atoms with E-state index in [0.29, 0.717) is 6.61 Å². The highest BCUT2D eigenvalue weighted by Crippen LogP contribution is 2.15. The molecule has 9 heteroatoms. The molecule has 0 aliphatic heterocycles. The fourth-order valence-corrected chi connectivity index (χ4v) is 6.43. The normalized spacial score (nSPS) is 12.4. The summed E-state index contributed by atoms with van der Waals surface area (Å²) >= 11 is 11.9. The van der Waals surface area contributed by atoms with Gasteiger partial charge in [-0.1, -0.05) is 117 Å². The van der Waals surface area contributed by atoms with Crippen LogP contribution in [0, 0.1) is 0 Å². The molecule has 7 nitrogen and oxygen atoms in total. The highest BCUT2D eigenvalue weighted by molar-refractivity contribution is 6.31. The molecule has 0 aliphatic rings. The van der Waals surface area contributed by atoms with Crippen molar-refractivity contribution in [3.63, 3.8) is 0 Å². The van der Waals surface area contributed by atoms with Gasteiger partial charge in [0.2, 0.25) is 10.6 Å². The lowest BCUT2D eigenvalue weighted by atomic mass is 10.1. The van der Waals surface area contributed by atoms with Crippen LogP contribution in [0.15, 0.2) is 0 Å². The second-order valence-electron chi connectivity index (χ2n) is 15.0. The molecule has 0 bridgehead atoms. The van der Waals surface area contributed by atoms with Gasteiger partial charge in [-0.05, 0) is 48.9 Å². The summed E-state index contributed by atoms with van der Waals surface area (Å²) in [5.74, 6) is 0. The van der Waals surface area contributed by atoms with Gasteiger partial charge in [-0.3, -0.25) is 4.90 Å². The summed E-state index contributed by atoms with van der Waals surface area (Å²) < 4.78 is 7.98. The maximum atomic E-state index is 5.95. The Labute approximate surface area is 295 Å². The highest BCUT2D eigenvalue weighted by Gasteiger charge is 2.21. The number of halogens is 2. The second kappa shape index (κ2) is 27.1. The number of quaternary nitrogens is 2. The molecule has 1 heterocycles. The fourth-order valence-electron chi connectivity index (χ4n) is 6.08. The van der Waals surface area contributed by atoms with Crippen molar-refractivity contribution >= 4 is 23.2 Å². The zero-order valence-corrected chi connectivity index (χ0v) is 32.7. The standard InChI is InChI=1S/C37H74Cl2N6O/c1-7-9-11-13-15-17-19-21-23-25-30-44(3,4)32-27-43(29-34-46-37-41-35(38)40-36(39)42-37)28-33-45(5,6)31-26-24-22-20-18-16-14-12-10-8-2/h7-34H2,1-6H3/q+2. The predicted octanol–water partition coefficient (Wildman–Crippen LogP) is 9.85. The Morgan fingerprint density at radius 3 is 1.20 bits per heavy atom. The highest BCUT2D eigenvalue weighted by atomic mass is 35.5. The minimum Gasteiger partial charge on any atom is -0.462 e. The monoisotopic (exact) mass is 689 g/mol. The molecule has 0 N–H and O–H groups in total. The van der Waals surface area contributed by atoms with E-state index in [1.54, 1.807) is 0 Å². The Bertz CT molecular complexity index is 797. The summed E-state index contributed by atoms with van der Waals surface area (Å²) in [6, 6.07) is 0.194. The van der Waals surface area contributed by atoms with E-state index in [0.717, 1.165) is 41.7 Å². The lowest BCUT2D eigenvalue weighted by Crippen LogP contribution is -2.50. The Morgan fingerprint density at radius 1 is 0.478 bits per heavy atom. The molecular formula is C37H74Cl2N6O+2. The van der Waals surface area contributed by atoms with Crippen molar-refractivity contribution in [3.8, 4) is 6.01 Å².